The van der Waals surface area contributed by atoms with Crippen molar-refractivity contribution in [1.82, 2.24) is 43.6 Å². The highest BCUT2D eigenvalue weighted by molar-refractivity contribution is 7.29. The Balaban J connectivity index is 0.000000103. The molecule has 0 aliphatic rings. The maximum Gasteiger partial charge on any atom is 0.163 e. The summed E-state index contributed by atoms with van der Waals surface area (Å²) in [6.07, 6.45) is 0. The summed E-state index contributed by atoms with van der Waals surface area (Å²) in [7, 11) is 0. The molecule has 0 amide bonds. The minimum atomic E-state index is -0.478. The van der Waals surface area contributed by atoms with Gasteiger partial charge >= 0.3 is 0 Å². The lowest BCUT2D eigenvalue weighted by Gasteiger charge is -2.13. The van der Waals surface area contributed by atoms with E-state index in [1.54, 1.807) is 46.1 Å². The highest BCUT2D eigenvalue weighted by Crippen LogP contribution is 2.55. The van der Waals surface area contributed by atoms with Crippen LogP contribution in [0.5, 0.6) is 0 Å². The van der Waals surface area contributed by atoms with Crippen molar-refractivity contribution in [2.24, 2.45) is 0 Å². The molecule has 33 aromatic rings. The van der Waals surface area contributed by atoms with Crippen LogP contribution >= 0.6 is 68.0 Å². The van der Waals surface area contributed by atoms with Crippen LogP contribution in [-0.4, -0.2) is 43.6 Å². The third-order valence-electron chi connectivity index (χ3n) is 28.5. The van der Waals surface area contributed by atoms with E-state index < -0.39 is 30.2 Å². The number of para-hydroxylation sites is 3. The Labute approximate surface area is 848 Å². The number of rotatable bonds is 7. The molecule has 0 aliphatic carbocycles. The average Bonchev–Trinajstić information content (AvgIpc) is 1.50. The lowest BCUT2D eigenvalue weighted by atomic mass is 9.97. The molecule has 0 N–H and O–H groups in total. The maximum absolute atomic E-state index is 8.90. The number of benzene rings is 21. The van der Waals surface area contributed by atoms with Crippen LogP contribution in [0.15, 0.2) is 431 Å². The summed E-state index contributed by atoms with van der Waals surface area (Å²) in [5.74, 6) is 4.59. The molecule has 664 valence electrons. The number of fused-ring (bicyclic) bond motifs is 41. The second-order valence-electron chi connectivity index (χ2n) is 36.2. The van der Waals surface area contributed by atoms with Gasteiger partial charge in [-0.05, 0) is 109 Å². The predicted molar refractivity (Wildman–Crippen MR) is 616 cm³/mol. The van der Waals surface area contributed by atoms with E-state index in [-0.39, 0.29) is 28.4 Å². The molecule has 143 heavy (non-hydrogen) atoms. The van der Waals surface area contributed by atoms with Gasteiger partial charge in [0.25, 0.3) is 0 Å². The van der Waals surface area contributed by atoms with Crippen LogP contribution in [0.2, 0.25) is 0 Å². The van der Waals surface area contributed by atoms with Crippen molar-refractivity contribution in [3.05, 3.63) is 431 Å². The van der Waals surface area contributed by atoms with Gasteiger partial charge in [0.05, 0.1) is 58.9 Å². The summed E-state index contributed by atoms with van der Waals surface area (Å²) in [6, 6.07) is 134. The zero-order valence-electron chi connectivity index (χ0n) is 82.4. The molecule has 0 radical (unpaired) electrons. The van der Waals surface area contributed by atoms with Gasteiger partial charge in [-0.25, -0.2) is 29.9 Å². The molecule has 9 nitrogen and oxygen atoms in total. The zero-order chi connectivity index (χ0) is 99.4. The number of thiophene rings is 6. The summed E-state index contributed by atoms with van der Waals surface area (Å²) >= 11 is 10.7. The van der Waals surface area contributed by atoms with E-state index in [9.17, 15) is 0 Å². The summed E-state index contributed by atoms with van der Waals surface area (Å²) in [5, 5.41) is 31.5. The third kappa shape index (κ3) is 12.2. The Morgan fingerprint density at radius 3 is 0.888 bits per heavy atom. The van der Waals surface area contributed by atoms with E-state index in [0.29, 0.717) is 17.0 Å². The van der Waals surface area contributed by atoms with Gasteiger partial charge in [0, 0.05) is 156 Å². The maximum atomic E-state index is 8.90. The van der Waals surface area contributed by atoms with Gasteiger partial charge in [0.15, 0.2) is 34.9 Å². The van der Waals surface area contributed by atoms with Crippen molar-refractivity contribution in [3.8, 4) is 62.7 Å². The van der Waals surface area contributed by atoms with Crippen LogP contribution in [0.1, 0.15) is 9.60 Å². The van der Waals surface area contributed by atoms with Crippen molar-refractivity contribution in [2.45, 2.75) is 0 Å². The molecule has 33 rings (SSSR count). The van der Waals surface area contributed by atoms with Crippen molar-refractivity contribution in [1.29, 1.82) is 0 Å². The van der Waals surface area contributed by atoms with Crippen molar-refractivity contribution in [3.63, 3.8) is 0 Å². The fraction of sp³-hybridized carbons (Fsp3) is 0. The fourth-order valence-electron chi connectivity index (χ4n) is 22.4. The molecule has 0 spiro atoms. The van der Waals surface area contributed by atoms with E-state index in [4.69, 9.17) is 39.5 Å². The van der Waals surface area contributed by atoms with Gasteiger partial charge in [-0.15, -0.1) is 68.0 Å². The van der Waals surface area contributed by atoms with Crippen molar-refractivity contribution >= 4 is 309 Å². The topological polar surface area (TPSA) is 92.1 Å². The minimum Gasteiger partial charge on any atom is -0.292 e. The number of nitrogens with zero attached hydrogens (tertiary/aromatic N) is 9. The highest BCUT2D eigenvalue weighted by atomic mass is 32.1. The molecule has 15 heteroatoms. The monoisotopic (exact) mass is 1930 g/mol. The molecule has 12 heterocycles. The molecule has 0 aliphatic heterocycles. The largest absolute Gasteiger partial charge is 0.292 e. The van der Waals surface area contributed by atoms with Crippen LogP contribution < -0.4 is 0 Å². The van der Waals surface area contributed by atoms with E-state index in [1.807, 2.05) is 64.3 Å². The lowest BCUT2D eigenvalue weighted by molar-refractivity contribution is 1.08. The first-order valence-corrected chi connectivity index (χ1v) is 52.3. The summed E-state index contributed by atoms with van der Waals surface area (Å²) < 4.78 is 78.5. The average molecular weight is 1930 g/mol. The zero-order valence-corrected chi connectivity index (χ0v) is 80.3. The Morgan fingerprint density at radius 2 is 0.483 bits per heavy atom. The van der Waals surface area contributed by atoms with Crippen LogP contribution in [-0.2, 0) is 0 Å². The predicted octanol–water partition coefficient (Wildman–Crippen LogP) is 37.4. The van der Waals surface area contributed by atoms with Gasteiger partial charge in [-0.2, -0.15) is 0 Å². The van der Waals surface area contributed by atoms with E-state index >= 15 is 0 Å². The molecule has 12 aromatic heterocycles. The molecule has 21 aromatic carbocycles. The Kier molecular flexibility index (Phi) is 16.4. The molecule has 0 unspecified atom stereocenters. The normalized spacial score (nSPS) is 12.9. The SMILES string of the molecule is [2H]c1c([2H])c([2H])c2c(-c3ccc(-c4nc(-n5c6ccccc6c6c7sc8ccccc8c7c7ccccc7c65)c5c(n4)sc4ccccc45)cc3)c([2H])c([2H])c([2H])c2c1[2H].c1ccc(-c2nc(-n3c4ccccc4c4c5sc6ccccc6c5c5ccccc5c43)c3c(n2)sc2ccccc23)cc1.c1ccc2cc(-c3nc(-n4c5ccccc5c5c6sc7ccccc7c6c6ccccc6c54)c4c(n3)sc3ccccc34)ccc2c1. The lowest BCUT2D eigenvalue weighted by Crippen LogP contribution is -2.02. The van der Waals surface area contributed by atoms with Crippen LogP contribution in [0.25, 0.3) is 303 Å². The van der Waals surface area contributed by atoms with E-state index in [2.05, 4.69) is 359 Å². The molecule has 0 bridgehead atoms. The summed E-state index contributed by atoms with van der Waals surface area (Å²) in [4.78, 5) is 34.9. The van der Waals surface area contributed by atoms with Gasteiger partial charge in [0.1, 0.15) is 14.5 Å². The highest BCUT2D eigenvalue weighted by Gasteiger charge is 2.31. The van der Waals surface area contributed by atoms with E-state index in [1.165, 1.54) is 156 Å². The van der Waals surface area contributed by atoms with Crippen molar-refractivity contribution < 1.29 is 9.60 Å². The standard InChI is InChI=1S/C48H27N3S2.C42H23N3S2.C38H21N3S2/c1-2-14-31-28(12-1)13-11-20-32(31)29-24-26-30(27-25-29)46-49-47(43-37-19-7-10-23-40(37)53-48(43)50-46)51-38-21-8-5-17-35(38)42-44(51)34-16-4-3-15-33(34)41-36-18-6-9-22-39(36)52-45(41)42;1-2-12-25-23-26(22-21-24(25)11-1)40-43-41(37-31-17-7-10-20-34(31)47-42(37)44-40)45-32-18-8-5-15-29(32)36-38(45)28-14-4-3-13-27(28)35-30-16-6-9-19-33(30)46-39(35)36;1-2-12-22(13-3-1)36-39-37(33-27-18-8-11-21-30(27)43-38(33)40-36)41-28-19-9-6-16-25(28)32-34(41)24-15-5-4-14-23(24)31-26-17-7-10-20-29(26)42-35(31)32/h1-27H;1-23H;1-21H/i1D,2D,11D,12D,13D,14D,20D;;. The fourth-order valence-corrected chi connectivity index (χ4v) is 29.5. The number of hydrogen-bond donors (Lipinski definition) is 0. The second-order valence-corrected chi connectivity index (χ2v) is 42.5. The quantitative estimate of drug-likeness (QED) is 0.158. The van der Waals surface area contributed by atoms with Crippen molar-refractivity contribution in [2.75, 3.05) is 0 Å². The van der Waals surface area contributed by atoms with Crippen LogP contribution in [0.4, 0.5) is 0 Å². The van der Waals surface area contributed by atoms with Gasteiger partial charge < -0.3 is 0 Å². The van der Waals surface area contributed by atoms with Gasteiger partial charge in [0.2, 0.25) is 0 Å². The Bertz CT molecular complexity index is 11800. The molecular formula is C128H71N9S6. The first-order valence-electron chi connectivity index (χ1n) is 50.9. The molecule has 0 saturated heterocycles. The minimum absolute atomic E-state index is 0.0521. The third-order valence-corrected chi connectivity index (χ3v) is 35.3. The first kappa shape index (κ1) is 74.0. The van der Waals surface area contributed by atoms with E-state index in [0.717, 1.165) is 114 Å². The van der Waals surface area contributed by atoms with Gasteiger partial charge in [-0.3, -0.25) is 13.7 Å². The molecule has 0 saturated carbocycles. The Morgan fingerprint density at radius 1 is 0.189 bits per heavy atom. The Hall–Kier alpha value is -17.1. The number of aromatic nitrogens is 9. The van der Waals surface area contributed by atoms with Crippen LogP contribution in [0, 0.1) is 0 Å². The summed E-state index contributed by atoms with van der Waals surface area (Å²) in [5.41, 5.74) is 10.2. The molecular weight excluding hydrogens is 1860 g/mol. The second kappa shape index (κ2) is 31.7. The molecule has 0 fully saturated rings. The molecule has 0 atom stereocenters. The summed E-state index contributed by atoms with van der Waals surface area (Å²) in [6.45, 7) is 0. The van der Waals surface area contributed by atoms with Crippen LogP contribution in [0.3, 0.4) is 0 Å². The number of hydrogen-bond acceptors (Lipinski definition) is 12. The first-order chi connectivity index (χ1) is 73.9. The van der Waals surface area contributed by atoms with Gasteiger partial charge in [-0.1, -0.05) is 370 Å². The smallest absolute Gasteiger partial charge is 0.163 e.